The molecule has 0 aliphatic heterocycles. The third kappa shape index (κ3) is 4.25. The minimum absolute atomic E-state index is 0.0625. The van der Waals surface area contributed by atoms with Crippen LogP contribution in [0.2, 0.25) is 0 Å². The van der Waals surface area contributed by atoms with E-state index in [1.165, 1.54) is 13.4 Å². The minimum atomic E-state index is -0.776. The largest absolute Gasteiger partial charge is 0.467 e. The van der Waals surface area contributed by atoms with Gasteiger partial charge in [0.25, 0.3) is 0 Å². The van der Waals surface area contributed by atoms with Crippen LogP contribution >= 0.6 is 0 Å². The van der Waals surface area contributed by atoms with Crippen LogP contribution in [-0.4, -0.2) is 35.0 Å². The fourth-order valence-corrected chi connectivity index (χ4v) is 1.39. The van der Waals surface area contributed by atoms with Gasteiger partial charge in [-0.3, -0.25) is 4.79 Å². The van der Waals surface area contributed by atoms with Crippen LogP contribution in [0, 0.1) is 11.3 Å². The van der Waals surface area contributed by atoms with Crippen molar-refractivity contribution in [3.05, 3.63) is 18.2 Å². The van der Waals surface area contributed by atoms with Crippen molar-refractivity contribution in [1.29, 1.82) is 5.26 Å². The van der Waals surface area contributed by atoms with E-state index >= 15 is 0 Å². The first kappa shape index (κ1) is 13.7. The zero-order chi connectivity index (χ0) is 13.4. The number of imidazole rings is 1. The van der Waals surface area contributed by atoms with Gasteiger partial charge in [-0.1, -0.05) is 0 Å². The minimum Gasteiger partial charge on any atom is -0.467 e. The van der Waals surface area contributed by atoms with Gasteiger partial charge in [0.05, 0.1) is 19.5 Å². The van der Waals surface area contributed by atoms with E-state index in [1.807, 2.05) is 6.07 Å². The number of nitriles is 1. The zero-order valence-corrected chi connectivity index (χ0v) is 9.97. The first-order valence-electron chi connectivity index (χ1n) is 5.38. The van der Waals surface area contributed by atoms with Crippen molar-refractivity contribution in [1.82, 2.24) is 15.3 Å². The van der Waals surface area contributed by atoms with Gasteiger partial charge in [0, 0.05) is 31.2 Å². The summed E-state index contributed by atoms with van der Waals surface area (Å²) in [6, 6.07) is 1.09. The lowest BCUT2D eigenvalue weighted by Crippen LogP contribution is -2.43. The molecule has 0 aromatic carbocycles. The Balaban J connectivity index is 2.59. The molecular weight excluding hydrogens is 236 g/mol. The summed E-state index contributed by atoms with van der Waals surface area (Å²) in [5.74, 6) is -0.888. The van der Waals surface area contributed by atoms with Gasteiger partial charge < -0.3 is 15.0 Å². The van der Waals surface area contributed by atoms with Crippen molar-refractivity contribution in [2.75, 3.05) is 7.11 Å². The van der Waals surface area contributed by atoms with Crippen LogP contribution in [0.3, 0.4) is 0 Å². The van der Waals surface area contributed by atoms with Gasteiger partial charge in [0.2, 0.25) is 5.91 Å². The van der Waals surface area contributed by atoms with E-state index in [1.54, 1.807) is 6.20 Å². The van der Waals surface area contributed by atoms with Crippen LogP contribution in [-0.2, 0) is 20.7 Å². The first-order chi connectivity index (χ1) is 8.67. The Hall–Kier alpha value is -2.36. The maximum absolute atomic E-state index is 11.5. The smallest absolute Gasteiger partial charge is 0.328 e. The number of hydrogen-bond donors (Lipinski definition) is 2. The van der Waals surface area contributed by atoms with E-state index in [0.29, 0.717) is 5.69 Å². The van der Waals surface area contributed by atoms with Crippen molar-refractivity contribution >= 4 is 11.9 Å². The highest BCUT2D eigenvalue weighted by atomic mass is 16.5. The van der Waals surface area contributed by atoms with Gasteiger partial charge >= 0.3 is 5.97 Å². The number of methoxy groups -OCH3 is 1. The molecule has 1 atom stereocenters. The molecule has 2 N–H and O–H groups in total. The van der Waals surface area contributed by atoms with Crippen LogP contribution in [0.5, 0.6) is 0 Å². The van der Waals surface area contributed by atoms with E-state index in [0.717, 1.165) is 0 Å². The summed E-state index contributed by atoms with van der Waals surface area (Å²) in [5, 5.41) is 10.9. The number of amides is 1. The summed E-state index contributed by atoms with van der Waals surface area (Å²) in [6.07, 6.45) is 3.50. The van der Waals surface area contributed by atoms with Crippen LogP contribution in [0.15, 0.2) is 12.5 Å². The molecule has 1 heterocycles. The SMILES string of the molecule is COC(=O)[C@H](Cc1cnc[nH]1)NC(=O)CCC#N. The second kappa shape index (κ2) is 7.06. The average molecular weight is 250 g/mol. The lowest BCUT2D eigenvalue weighted by molar-refractivity contribution is -0.145. The van der Waals surface area contributed by atoms with E-state index in [4.69, 9.17) is 5.26 Å². The summed E-state index contributed by atoms with van der Waals surface area (Å²) >= 11 is 0. The number of carbonyl (C=O) groups is 2. The second-order valence-corrected chi connectivity index (χ2v) is 3.58. The number of esters is 1. The third-order valence-corrected chi connectivity index (χ3v) is 2.26. The molecule has 0 saturated heterocycles. The maximum atomic E-state index is 11.5. The lowest BCUT2D eigenvalue weighted by atomic mass is 10.1. The highest BCUT2D eigenvalue weighted by Gasteiger charge is 2.22. The molecule has 1 aromatic heterocycles. The van der Waals surface area contributed by atoms with Crippen molar-refractivity contribution in [3.8, 4) is 6.07 Å². The summed E-state index contributed by atoms with van der Waals surface area (Å²) < 4.78 is 4.61. The first-order valence-corrected chi connectivity index (χ1v) is 5.38. The molecule has 0 spiro atoms. The molecule has 7 heteroatoms. The van der Waals surface area contributed by atoms with Crippen molar-refractivity contribution in [2.24, 2.45) is 0 Å². The van der Waals surface area contributed by atoms with Crippen LogP contribution in [0.1, 0.15) is 18.5 Å². The highest BCUT2D eigenvalue weighted by molar-refractivity contribution is 5.84. The van der Waals surface area contributed by atoms with Crippen molar-refractivity contribution in [3.63, 3.8) is 0 Å². The Morgan fingerprint density at radius 3 is 3.00 bits per heavy atom. The van der Waals surface area contributed by atoms with Gasteiger partial charge in [-0.2, -0.15) is 5.26 Å². The number of carbonyl (C=O) groups excluding carboxylic acids is 2. The standard InChI is InChI=1S/C11H14N4O3/c1-18-11(17)9(5-8-6-13-7-14-8)15-10(16)3-2-4-12/h6-7,9H,2-3,5H2,1H3,(H,13,14)(H,15,16)/t9-/m0/s1. The van der Waals surface area contributed by atoms with E-state index in [9.17, 15) is 9.59 Å². The van der Waals surface area contributed by atoms with Gasteiger partial charge in [0.15, 0.2) is 0 Å². The monoisotopic (exact) mass is 250 g/mol. The normalized spacial score (nSPS) is 11.3. The molecular formula is C11H14N4O3. The predicted octanol–water partition coefficient (Wildman–Crippen LogP) is -0.0862. The number of ether oxygens (including phenoxy) is 1. The summed E-state index contributed by atoms with van der Waals surface area (Å²) in [7, 11) is 1.25. The molecule has 0 aliphatic carbocycles. The van der Waals surface area contributed by atoms with E-state index in [-0.39, 0.29) is 25.2 Å². The Morgan fingerprint density at radius 1 is 1.67 bits per heavy atom. The summed E-state index contributed by atoms with van der Waals surface area (Å²) in [5.41, 5.74) is 0.714. The molecule has 96 valence electrons. The average Bonchev–Trinajstić information content (AvgIpc) is 2.87. The Kier molecular flexibility index (Phi) is 5.38. The summed E-state index contributed by atoms with van der Waals surface area (Å²) in [4.78, 5) is 29.6. The van der Waals surface area contributed by atoms with E-state index < -0.39 is 12.0 Å². The number of nitrogens with zero attached hydrogens (tertiary/aromatic N) is 2. The Bertz CT molecular complexity index is 436. The molecule has 0 unspecified atom stereocenters. The van der Waals surface area contributed by atoms with Gasteiger partial charge in [-0.05, 0) is 0 Å². The van der Waals surface area contributed by atoms with Gasteiger partial charge in [0.1, 0.15) is 6.04 Å². The fourth-order valence-electron chi connectivity index (χ4n) is 1.39. The molecule has 0 saturated carbocycles. The fraction of sp³-hybridized carbons (Fsp3) is 0.455. The Labute approximate surface area is 104 Å². The molecule has 7 nitrogen and oxygen atoms in total. The number of hydrogen-bond acceptors (Lipinski definition) is 5. The molecule has 0 aliphatic rings. The highest BCUT2D eigenvalue weighted by Crippen LogP contribution is 2.01. The number of aromatic nitrogens is 2. The predicted molar refractivity (Wildman–Crippen MR) is 61.1 cm³/mol. The molecule has 18 heavy (non-hydrogen) atoms. The number of nitrogens with one attached hydrogen (secondary N) is 2. The van der Waals surface area contributed by atoms with Gasteiger partial charge in [-0.25, -0.2) is 9.78 Å². The topological polar surface area (TPSA) is 108 Å². The molecule has 1 aromatic rings. The van der Waals surface area contributed by atoms with E-state index in [2.05, 4.69) is 20.0 Å². The van der Waals surface area contributed by atoms with Crippen molar-refractivity contribution in [2.45, 2.75) is 25.3 Å². The zero-order valence-electron chi connectivity index (χ0n) is 9.97. The second-order valence-electron chi connectivity index (χ2n) is 3.58. The van der Waals surface area contributed by atoms with Crippen molar-refractivity contribution < 1.29 is 14.3 Å². The van der Waals surface area contributed by atoms with Crippen LogP contribution in [0.4, 0.5) is 0 Å². The molecule has 1 rings (SSSR count). The van der Waals surface area contributed by atoms with Gasteiger partial charge in [-0.15, -0.1) is 0 Å². The Morgan fingerprint density at radius 2 is 2.44 bits per heavy atom. The quantitative estimate of drug-likeness (QED) is 0.686. The van der Waals surface area contributed by atoms with Crippen LogP contribution in [0.25, 0.3) is 0 Å². The lowest BCUT2D eigenvalue weighted by Gasteiger charge is -2.15. The maximum Gasteiger partial charge on any atom is 0.328 e. The number of rotatable bonds is 6. The summed E-state index contributed by atoms with van der Waals surface area (Å²) in [6.45, 7) is 0. The molecule has 0 fully saturated rings. The number of H-pyrrole nitrogens is 1. The molecule has 0 radical (unpaired) electrons. The number of aromatic amines is 1. The molecule has 0 bridgehead atoms. The molecule has 1 amide bonds. The third-order valence-electron chi connectivity index (χ3n) is 2.26. The van der Waals surface area contributed by atoms with Crippen LogP contribution < -0.4 is 5.32 Å².